The molecule has 1 amide bonds. The lowest BCUT2D eigenvalue weighted by Gasteiger charge is -2.08. The molecular weight excluding hydrogens is 446 g/mol. The first-order valence-corrected chi connectivity index (χ1v) is 11.4. The van der Waals surface area contributed by atoms with Gasteiger partial charge in [0, 0.05) is 21.9 Å². The van der Waals surface area contributed by atoms with Gasteiger partial charge in [-0.1, -0.05) is 6.07 Å². The fourth-order valence-corrected chi connectivity index (χ4v) is 4.30. The van der Waals surface area contributed by atoms with Gasteiger partial charge in [-0.15, -0.1) is 22.7 Å². The third-order valence-corrected chi connectivity index (χ3v) is 6.13. The number of benzene rings is 2. The molecule has 0 radical (unpaired) electrons. The number of nitrogens with zero attached hydrogens (tertiary/aromatic N) is 2. The first-order chi connectivity index (χ1) is 15.6. The van der Waals surface area contributed by atoms with Crippen molar-refractivity contribution in [2.45, 2.75) is 13.5 Å². The minimum atomic E-state index is -0.256. The first-order valence-electron chi connectivity index (χ1n) is 9.69. The minimum Gasteiger partial charge on any atom is -0.493 e. The quantitative estimate of drug-likeness (QED) is 0.372. The number of carbonyl (C=O) groups excluding carboxylic acids is 1. The number of aromatic nitrogens is 2. The summed E-state index contributed by atoms with van der Waals surface area (Å²) >= 11 is 2.93. The Labute approximate surface area is 193 Å². The van der Waals surface area contributed by atoms with Crippen LogP contribution in [0.15, 0.2) is 53.2 Å². The second kappa shape index (κ2) is 9.80. The third kappa shape index (κ3) is 5.06. The van der Waals surface area contributed by atoms with E-state index in [1.165, 1.54) is 11.3 Å². The van der Waals surface area contributed by atoms with Crippen LogP contribution in [0, 0.1) is 6.92 Å². The lowest BCUT2D eigenvalue weighted by molar-refractivity contribution is 0.102. The van der Waals surface area contributed by atoms with E-state index in [1.807, 2.05) is 41.9 Å². The topological polar surface area (TPSA) is 82.6 Å². The number of aryl methyl sites for hydroxylation is 1. The van der Waals surface area contributed by atoms with E-state index in [2.05, 4.69) is 15.3 Å². The fourth-order valence-electron chi connectivity index (χ4n) is 2.99. The highest BCUT2D eigenvalue weighted by Gasteiger charge is 2.13. The number of hydrogen-bond donors (Lipinski definition) is 1. The van der Waals surface area contributed by atoms with Crippen molar-refractivity contribution in [2.24, 2.45) is 0 Å². The highest BCUT2D eigenvalue weighted by molar-refractivity contribution is 7.14. The van der Waals surface area contributed by atoms with E-state index in [0.29, 0.717) is 34.6 Å². The molecule has 1 N–H and O–H groups in total. The van der Waals surface area contributed by atoms with Crippen LogP contribution in [0.3, 0.4) is 0 Å². The van der Waals surface area contributed by atoms with Gasteiger partial charge in [-0.25, -0.2) is 9.97 Å². The van der Waals surface area contributed by atoms with Crippen LogP contribution in [0.1, 0.15) is 21.1 Å². The molecule has 2 heterocycles. The maximum atomic E-state index is 12.7. The van der Waals surface area contributed by atoms with Crippen LogP contribution < -0.4 is 19.5 Å². The Bertz CT molecular complexity index is 1240. The molecule has 4 aromatic rings. The van der Waals surface area contributed by atoms with Crippen molar-refractivity contribution in [3.63, 3.8) is 0 Å². The molecule has 0 saturated carbocycles. The Kier molecular flexibility index (Phi) is 6.67. The Hall–Kier alpha value is -3.43. The van der Waals surface area contributed by atoms with E-state index in [0.717, 1.165) is 22.0 Å². The second-order valence-electron chi connectivity index (χ2n) is 6.74. The molecule has 164 valence electrons. The van der Waals surface area contributed by atoms with Crippen molar-refractivity contribution >= 4 is 33.7 Å². The van der Waals surface area contributed by atoms with Gasteiger partial charge < -0.3 is 14.2 Å². The maximum Gasteiger partial charge on any atom is 0.257 e. The molecule has 9 heteroatoms. The zero-order chi connectivity index (χ0) is 22.5. The largest absolute Gasteiger partial charge is 0.493 e. The molecule has 0 saturated heterocycles. The van der Waals surface area contributed by atoms with Gasteiger partial charge in [0.25, 0.3) is 5.91 Å². The number of amides is 1. The molecule has 0 atom stereocenters. The molecule has 0 fully saturated rings. The van der Waals surface area contributed by atoms with Crippen LogP contribution in [0.2, 0.25) is 0 Å². The van der Waals surface area contributed by atoms with Gasteiger partial charge in [0.2, 0.25) is 0 Å². The number of anilines is 1. The van der Waals surface area contributed by atoms with E-state index in [-0.39, 0.29) is 5.91 Å². The summed E-state index contributed by atoms with van der Waals surface area (Å²) in [6, 6.07) is 12.6. The van der Waals surface area contributed by atoms with Crippen molar-refractivity contribution < 1.29 is 19.0 Å². The average Bonchev–Trinajstić information content (AvgIpc) is 3.46. The zero-order valence-electron chi connectivity index (χ0n) is 17.7. The third-order valence-electron chi connectivity index (χ3n) is 4.55. The predicted octanol–water partition coefficient (Wildman–Crippen LogP) is 5.42. The number of ether oxygens (including phenoxy) is 3. The number of nitrogens with one attached hydrogen (secondary N) is 1. The Morgan fingerprint density at radius 3 is 2.59 bits per heavy atom. The van der Waals surface area contributed by atoms with Crippen molar-refractivity contribution in [2.75, 3.05) is 19.5 Å². The molecule has 4 rings (SSSR count). The minimum absolute atomic E-state index is 0.256. The van der Waals surface area contributed by atoms with Crippen LogP contribution >= 0.6 is 22.7 Å². The molecule has 0 aliphatic rings. The Balaban J connectivity index is 1.43. The van der Waals surface area contributed by atoms with Gasteiger partial charge in [-0.2, -0.15) is 0 Å². The smallest absolute Gasteiger partial charge is 0.257 e. The molecule has 2 aromatic carbocycles. The van der Waals surface area contributed by atoms with E-state index < -0.39 is 0 Å². The second-order valence-corrected chi connectivity index (χ2v) is 8.66. The standard InChI is InChI=1S/C23H21N3O4S2/c1-14-24-17(12-31-14)11-30-18-6-4-5-16(9-18)22(27)26-23-25-19(13-32-23)15-7-8-20(28-2)21(10-15)29-3/h4-10,12-13H,11H2,1-3H3,(H,25,26,27). The van der Waals surface area contributed by atoms with Gasteiger partial charge in [-0.3, -0.25) is 10.1 Å². The van der Waals surface area contributed by atoms with Crippen LogP contribution in [0.4, 0.5) is 5.13 Å². The average molecular weight is 468 g/mol. The Morgan fingerprint density at radius 1 is 1.00 bits per heavy atom. The summed E-state index contributed by atoms with van der Waals surface area (Å²) in [7, 11) is 3.18. The molecule has 0 unspecified atom stereocenters. The van der Waals surface area contributed by atoms with Crippen molar-refractivity contribution in [1.82, 2.24) is 9.97 Å². The highest BCUT2D eigenvalue weighted by Crippen LogP contribution is 2.33. The summed E-state index contributed by atoms with van der Waals surface area (Å²) in [6.45, 7) is 2.31. The molecule has 2 aromatic heterocycles. The van der Waals surface area contributed by atoms with Crippen molar-refractivity contribution in [3.8, 4) is 28.5 Å². The van der Waals surface area contributed by atoms with Gasteiger partial charge >= 0.3 is 0 Å². The summed E-state index contributed by atoms with van der Waals surface area (Å²) in [4.78, 5) is 21.6. The van der Waals surface area contributed by atoms with Crippen LogP contribution in [-0.2, 0) is 6.61 Å². The van der Waals surface area contributed by atoms with E-state index in [4.69, 9.17) is 14.2 Å². The summed E-state index contributed by atoms with van der Waals surface area (Å²) in [6.07, 6.45) is 0. The lowest BCUT2D eigenvalue weighted by atomic mass is 10.1. The fraction of sp³-hybridized carbons (Fsp3) is 0.174. The number of carbonyl (C=O) groups is 1. The van der Waals surface area contributed by atoms with Crippen LogP contribution in [0.5, 0.6) is 17.2 Å². The van der Waals surface area contributed by atoms with Gasteiger partial charge in [0.1, 0.15) is 12.4 Å². The Morgan fingerprint density at radius 2 is 1.84 bits per heavy atom. The summed E-state index contributed by atoms with van der Waals surface area (Å²) in [5, 5.41) is 8.19. The summed E-state index contributed by atoms with van der Waals surface area (Å²) in [5.74, 6) is 1.61. The van der Waals surface area contributed by atoms with E-state index >= 15 is 0 Å². The molecule has 7 nitrogen and oxygen atoms in total. The highest BCUT2D eigenvalue weighted by atomic mass is 32.1. The van der Waals surface area contributed by atoms with Gasteiger partial charge in [-0.05, 0) is 43.3 Å². The SMILES string of the molecule is COc1ccc(-c2csc(NC(=O)c3cccc(OCc4csc(C)n4)c3)n2)cc1OC. The van der Waals surface area contributed by atoms with Gasteiger partial charge in [0.05, 0.1) is 30.6 Å². The molecule has 0 spiro atoms. The molecule has 32 heavy (non-hydrogen) atoms. The molecule has 0 bridgehead atoms. The van der Waals surface area contributed by atoms with Crippen molar-refractivity contribution in [1.29, 1.82) is 0 Å². The number of rotatable bonds is 8. The number of methoxy groups -OCH3 is 2. The molecular formula is C23H21N3O4S2. The van der Waals surface area contributed by atoms with Crippen LogP contribution in [-0.4, -0.2) is 30.1 Å². The number of thiazole rings is 2. The number of hydrogen-bond acceptors (Lipinski definition) is 8. The summed E-state index contributed by atoms with van der Waals surface area (Å²) < 4.78 is 16.4. The monoisotopic (exact) mass is 467 g/mol. The lowest BCUT2D eigenvalue weighted by Crippen LogP contribution is -2.11. The van der Waals surface area contributed by atoms with Crippen LogP contribution in [0.25, 0.3) is 11.3 Å². The maximum absolute atomic E-state index is 12.7. The summed E-state index contributed by atoms with van der Waals surface area (Å²) in [5.41, 5.74) is 2.96. The molecule has 0 aliphatic heterocycles. The predicted molar refractivity (Wildman–Crippen MR) is 126 cm³/mol. The van der Waals surface area contributed by atoms with Crippen molar-refractivity contribution in [3.05, 3.63) is 69.5 Å². The van der Waals surface area contributed by atoms with E-state index in [9.17, 15) is 4.79 Å². The van der Waals surface area contributed by atoms with E-state index in [1.54, 1.807) is 43.8 Å². The van der Waals surface area contributed by atoms with Gasteiger partial charge in [0.15, 0.2) is 16.6 Å². The normalized spacial score (nSPS) is 10.6. The molecule has 0 aliphatic carbocycles. The first kappa shape index (κ1) is 21.8. The zero-order valence-corrected chi connectivity index (χ0v) is 19.4.